The Kier molecular flexibility index (Phi) is 5.55. The maximum Gasteiger partial charge on any atom is 0.258 e. The van der Waals surface area contributed by atoms with Gasteiger partial charge in [-0.05, 0) is 30.7 Å². The molecule has 1 heterocycles. The van der Waals surface area contributed by atoms with Crippen molar-refractivity contribution in [2.24, 2.45) is 0 Å². The zero-order valence-electron chi connectivity index (χ0n) is 12.1. The van der Waals surface area contributed by atoms with E-state index in [4.69, 9.17) is 16.3 Å². The lowest BCUT2D eigenvalue weighted by molar-refractivity contribution is -0.123. The van der Waals surface area contributed by atoms with Gasteiger partial charge in [-0.2, -0.15) is 0 Å². The Morgan fingerprint density at radius 2 is 2.23 bits per heavy atom. The Labute approximate surface area is 132 Å². The van der Waals surface area contributed by atoms with Crippen LogP contribution in [0, 0.1) is 6.92 Å². The van der Waals surface area contributed by atoms with E-state index in [9.17, 15) is 9.59 Å². The van der Waals surface area contributed by atoms with Crippen molar-refractivity contribution < 1.29 is 9.53 Å². The molecule has 2 rings (SSSR count). The topological polar surface area (TPSA) is 73.2 Å². The number of hydrogen-bond donors (Lipinski definition) is 1. The highest BCUT2D eigenvalue weighted by molar-refractivity contribution is 6.31. The summed E-state index contributed by atoms with van der Waals surface area (Å²) in [5.74, 6) is 0.324. The number of hydrogen-bond acceptors (Lipinski definition) is 4. The summed E-state index contributed by atoms with van der Waals surface area (Å²) in [6, 6.07) is 6.56. The summed E-state index contributed by atoms with van der Waals surface area (Å²) in [5.41, 5.74) is 0.729. The first-order valence-corrected chi connectivity index (χ1v) is 7.10. The number of halogens is 1. The number of rotatable bonds is 6. The molecule has 0 unspecified atom stereocenters. The second kappa shape index (κ2) is 7.61. The molecular weight excluding hydrogens is 306 g/mol. The van der Waals surface area contributed by atoms with Crippen molar-refractivity contribution >= 4 is 17.5 Å². The minimum Gasteiger partial charge on any atom is -0.484 e. The third kappa shape index (κ3) is 4.60. The minimum absolute atomic E-state index is 0.0942. The normalized spacial score (nSPS) is 10.3. The predicted molar refractivity (Wildman–Crippen MR) is 83.2 cm³/mol. The fourth-order valence-electron chi connectivity index (χ4n) is 1.77. The molecule has 0 spiro atoms. The van der Waals surface area contributed by atoms with E-state index in [1.165, 1.54) is 23.2 Å². The Morgan fingerprint density at radius 3 is 2.95 bits per heavy atom. The van der Waals surface area contributed by atoms with Gasteiger partial charge in [0.2, 0.25) is 0 Å². The van der Waals surface area contributed by atoms with Gasteiger partial charge >= 0.3 is 0 Å². The van der Waals surface area contributed by atoms with Crippen LogP contribution in [0.1, 0.15) is 5.56 Å². The first-order valence-electron chi connectivity index (χ1n) is 6.72. The van der Waals surface area contributed by atoms with Gasteiger partial charge in [0.25, 0.3) is 11.5 Å². The van der Waals surface area contributed by atoms with E-state index in [-0.39, 0.29) is 18.1 Å². The van der Waals surface area contributed by atoms with Crippen LogP contribution in [0.4, 0.5) is 0 Å². The highest BCUT2D eigenvalue weighted by Gasteiger charge is 2.04. The highest BCUT2D eigenvalue weighted by atomic mass is 35.5. The number of carbonyl (C=O) groups is 1. The average molecular weight is 322 g/mol. The van der Waals surface area contributed by atoms with Gasteiger partial charge in [0.05, 0.1) is 6.33 Å². The van der Waals surface area contributed by atoms with Crippen LogP contribution >= 0.6 is 11.6 Å². The standard InChI is InChI=1S/C15H16ClN3O3/c1-11-8-12(2-3-13(11)16)22-9-14(20)18-6-7-19-10-17-5-4-15(19)21/h2-5,8,10H,6-7,9H2,1H3,(H,18,20). The molecule has 1 amide bonds. The fourth-order valence-corrected chi connectivity index (χ4v) is 1.89. The fraction of sp³-hybridized carbons (Fsp3) is 0.267. The summed E-state index contributed by atoms with van der Waals surface area (Å²) in [4.78, 5) is 27.0. The molecule has 0 saturated heterocycles. The highest BCUT2D eigenvalue weighted by Crippen LogP contribution is 2.20. The van der Waals surface area contributed by atoms with E-state index in [0.717, 1.165) is 5.56 Å². The lowest BCUT2D eigenvalue weighted by atomic mass is 10.2. The van der Waals surface area contributed by atoms with E-state index in [2.05, 4.69) is 10.3 Å². The van der Waals surface area contributed by atoms with Gasteiger partial charge in [-0.15, -0.1) is 0 Å². The van der Waals surface area contributed by atoms with Gasteiger partial charge in [-0.1, -0.05) is 11.6 Å². The van der Waals surface area contributed by atoms with Gasteiger partial charge in [0, 0.05) is 30.4 Å². The molecule has 7 heteroatoms. The van der Waals surface area contributed by atoms with Crippen LogP contribution in [0.5, 0.6) is 5.75 Å². The maximum absolute atomic E-state index is 11.7. The zero-order chi connectivity index (χ0) is 15.9. The molecule has 0 atom stereocenters. The third-order valence-electron chi connectivity index (χ3n) is 2.97. The number of benzene rings is 1. The average Bonchev–Trinajstić information content (AvgIpc) is 2.50. The first-order chi connectivity index (χ1) is 10.6. The molecule has 0 radical (unpaired) electrons. The molecule has 0 aliphatic rings. The second-order valence-electron chi connectivity index (χ2n) is 4.66. The number of amides is 1. The summed E-state index contributed by atoms with van der Waals surface area (Å²) < 4.78 is 6.80. The smallest absolute Gasteiger partial charge is 0.258 e. The SMILES string of the molecule is Cc1cc(OCC(=O)NCCn2cnccc2=O)ccc1Cl. The number of nitrogens with one attached hydrogen (secondary N) is 1. The van der Waals surface area contributed by atoms with E-state index < -0.39 is 0 Å². The van der Waals surface area contributed by atoms with E-state index in [1.807, 2.05) is 6.92 Å². The molecule has 1 aromatic carbocycles. The molecule has 0 bridgehead atoms. The Bertz CT molecular complexity index is 715. The lowest BCUT2D eigenvalue weighted by Crippen LogP contribution is -2.33. The van der Waals surface area contributed by atoms with Crippen LogP contribution < -0.4 is 15.6 Å². The van der Waals surface area contributed by atoms with E-state index in [0.29, 0.717) is 23.9 Å². The van der Waals surface area contributed by atoms with Crippen molar-refractivity contribution in [3.63, 3.8) is 0 Å². The number of carbonyl (C=O) groups excluding carboxylic acids is 1. The Morgan fingerprint density at radius 1 is 1.41 bits per heavy atom. The first kappa shape index (κ1) is 16.0. The van der Waals surface area contributed by atoms with Crippen molar-refractivity contribution in [2.75, 3.05) is 13.2 Å². The molecule has 116 valence electrons. The molecular formula is C15H16ClN3O3. The van der Waals surface area contributed by atoms with Crippen molar-refractivity contribution in [1.29, 1.82) is 0 Å². The van der Waals surface area contributed by atoms with Crippen LogP contribution in [-0.2, 0) is 11.3 Å². The van der Waals surface area contributed by atoms with Gasteiger partial charge in [-0.3, -0.25) is 14.2 Å². The molecule has 0 fully saturated rings. The largest absolute Gasteiger partial charge is 0.484 e. The summed E-state index contributed by atoms with van der Waals surface area (Å²) >= 11 is 5.92. The molecule has 0 aliphatic heterocycles. The van der Waals surface area contributed by atoms with Gasteiger partial charge in [-0.25, -0.2) is 4.98 Å². The monoisotopic (exact) mass is 321 g/mol. The summed E-state index contributed by atoms with van der Waals surface area (Å²) in [5, 5.41) is 3.33. The number of aryl methyl sites for hydroxylation is 1. The van der Waals surface area contributed by atoms with Gasteiger partial charge in [0.15, 0.2) is 6.61 Å². The van der Waals surface area contributed by atoms with Crippen LogP contribution in [0.25, 0.3) is 0 Å². The molecule has 1 N–H and O–H groups in total. The van der Waals surface area contributed by atoms with E-state index >= 15 is 0 Å². The maximum atomic E-state index is 11.7. The summed E-state index contributed by atoms with van der Waals surface area (Å²) in [7, 11) is 0. The molecule has 0 saturated carbocycles. The number of ether oxygens (including phenoxy) is 1. The van der Waals surface area contributed by atoms with Crippen LogP contribution in [0.15, 0.2) is 41.6 Å². The second-order valence-corrected chi connectivity index (χ2v) is 5.07. The quantitative estimate of drug-likeness (QED) is 0.873. The van der Waals surface area contributed by atoms with Crippen molar-refractivity contribution in [3.05, 3.63) is 57.7 Å². The molecule has 0 aliphatic carbocycles. The molecule has 6 nitrogen and oxygen atoms in total. The Hall–Kier alpha value is -2.34. The molecule has 2 aromatic rings. The van der Waals surface area contributed by atoms with Crippen LogP contribution in [0.3, 0.4) is 0 Å². The van der Waals surface area contributed by atoms with Crippen LogP contribution in [-0.4, -0.2) is 28.6 Å². The lowest BCUT2D eigenvalue weighted by Gasteiger charge is -2.09. The predicted octanol–water partition coefficient (Wildman–Crippen LogP) is 1.40. The summed E-state index contributed by atoms with van der Waals surface area (Å²) in [6.07, 6.45) is 2.86. The summed E-state index contributed by atoms with van der Waals surface area (Å²) in [6.45, 7) is 2.45. The van der Waals surface area contributed by atoms with Crippen LogP contribution in [0.2, 0.25) is 5.02 Å². The Balaban J connectivity index is 1.75. The third-order valence-corrected chi connectivity index (χ3v) is 3.39. The molecule has 1 aromatic heterocycles. The zero-order valence-corrected chi connectivity index (χ0v) is 12.8. The van der Waals surface area contributed by atoms with Crippen molar-refractivity contribution in [3.8, 4) is 5.75 Å². The van der Waals surface area contributed by atoms with Crippen molar-refractivity contribution in [1.82, 2.24) is 14.9 Å². The number of aromatic nitrogens is 2. The van der Waals surface area contributed by atoms with E-state index in [1.54, 1.807) is 18.2 Å². The van der Waals surface area contributed by atoms with Crippen molar-refractivity contribution in [2.45, 2.75) is 13.5 Å². The number of nitrogens with zero attached hydrogens (tertiary/aromatic N) is 2. The molecule has 22 heavy (non-hydrogen) atoms. The van der Waals surface area contributed by atoms with Gasteiger partial charge in [0.1, 0.15) is 5.75 Å². The van der Waals surface area contributed by atoms with Gasteiger partial charge < -0.3 is 10.1 Å². The minimum atomic E-state index is -0.260.